The molecule has 1 saturated heterocycles. The van der Waals surface area contributed by atoms with E-state index in [1.54, 1.807) is 6.21 Å². The van der Waals surface area contributed by atoms with Crippen molar-refractivity contribution in [3.8, 4) is 11.5 Å². The molecule has 2 aromatic rings. The van der Waals surface area contributed by atoms with Crippen LogP contribution in [0.25, 0.3) is 0 Å². The molecule has 168 valence electrons. The zero-order valence-corrected chi connectivity index (χ0v) is 18.5. The third-order valence-electron chi connectivity index (χ3n) is 7.47. The van der Waals surface area contributed by atoms with Gasteiger partial charge in [0.2, 0.25) is 0 Å². The number of hydrogen-bond acceptors (Lipinski definition) is 5. The van der Waals surface area contributed by atoms with Crippen molar-refractivity contribution in [1.29, 1.82) is 0 Å². The van der Waals surface area contributed by atoms with Gasteiger partial charge in [-0.3, -0.25) is 9.59 Å². The third-order valence-corrected chi connectivity index (χ3v) is 7.47. The number of hydrazone groups is 1. The maximum Gasteiger partial charge on any atom is 0.254 e. The molecule has 0 N–H and O–H groups in total. The highest BCUT2D eigenvalue weighted by molar-refractivity contribution is 6.06. The lowest BCUT2D eigenvalue weighted by Gasteiger charge is -2.37. The van der Waals surface area contributed by atoms with Gasteiger partial charge in [0.1, 0.15) is 6.61 Å². The van der Waals surface area contributed by atoms with Crippen LogP contribution < -0.4 is 9.47 Å². The molecule has 7 rings (SSSR count). The molecule has 6 heteroatoms. The van der Waals surface area contributed by atoms with Crippen molar-refractivity contribution in [2.24, 2.45) is 40.6 Å². The van der Waals surface area contributed by atoms with Crippen LogP contribution in [0.5, 0.6) is 11.5 Å². The van der Waals surface area contributed by atoms with Gasteiger partial charge >= 0.3 is 0 Å². The van der Waals surface area contributed by atoms with E-state index in [9.17, 15) is 9.59 Å². The van der Waals surface area contributed by atoms with Gasteiger partial charge < -0.3 is 9.47 Å². The zero-order chi connectivity index (χ0) is 22.5. The average Bonchev–Trinajstić information content (AvgIpc) is 3.62. The van der Waals surface area contributed by atoms with E-state index in [2.05, 4.69) is 17.3 Å². The fourth-order valence-electron chi connectivity index (χ4n) is 5.91. The Morgan fingerprint density at radius 2 is 1.64 bits per heavy atom. The lowest BCUT2D eigenvalue weighted by molar-refractivity contribution is -0.140. The predicted molar refractivity (Wildman–Crippen MR) is 123 cm³/mol. The Kier molecular flexibility index (Phi) is 4.82. The van der Waals surface area contributed by atoms with Crippen LogP contribution in [0.1, 0.15) is 24.5 Å². The van der Waals surface area contributed by atoms with E-state index in [0.29, 0.717) is 36.5 Å². The largest absolute Gasteiger partial charge is 0.490 e. The minimum Gasteiger partial charge on any atom is -0.490 e. The second-order valence-corrected chi connectivity index (χ2v) is 9.30. The van der Waals surface area contributed by atoms with Crippen LogP contribution >= 0.6 is 0 Å². The molecule has 1 aliphatic heterocycles. The maximum absolute atomic E-state index is 13.1. The van der Waals surface area contributed by atoms with Crippen molar-refractivity contribution in [1.82, 2.24) is 5.01 Å². The number of allylic oxidation sites excluding steroid dienone is 2. The summed E-state index contributed by atoms with van der Waals surface area (Å²) in [6.07, 6.45) is 7.05. The Morgan fingerprint density at radius 3 is 2.30 bits per heavy atom. The molecule has 33 heavy (non-hydrogen) atoms. The minimum absolute atomic E-state index is 0.154. The molecule has 0 aromatic heterocycles. The van der Waals surface area contributed by atoms with Crippen LogP contribution in [-0.4, -0.2) is 29.6 Å². The van der Waals surface area contributed by atoms with Crippen LogP contribution in [0.4, 0.5) is 0 Å². The van der Waals surface area contributed by atoms with Gasteiger partial charge in [0.15, 0.2) is 11.5 Å². The summed E-state index contributed by atoms with van der Waals surface area (Å²) in [6.45, 7) is 2.84. The van der Waals surface area contributed by atoms with Gasteiger partial charge in [-0.2, -0.15) is 10.1 Å². The minimum atomic E-state index is -0.235. The van der Waals surface area contributed by atoms with Gasteiger partial charge in [0.05, 0.1) is 24.7 Å². The summed E-state index contributed by atoms with van der Waals surface area (Å²) in [7, 11) is 0. The molecule has 3 fully saturated rings. The summed E-state index contributed by atoms with van der Waals surface area (Å²) in [4.78, 5) is 26.2. The standard InChI is InChI=1S/C27H26N2O4/c1-2-32-23-12-17(8-11-22(23)33-15-16-6-4-3-5-7-16)14-28-29-26(30)24-18-9-10-19(21-13-20(18)21)25(24)27(29)31/h3-12,14,18-21,24-25H,2,13,15H2,1H3/b28-14+/t18-,19-,20-,21-,24+,25+/m1/s1. The molecule has 0 radical (unpaired) electrons. The van der Waals surface area contributed by atoms with Crippen LogP contribution in [0, 0.1) is 35.5 Å². The van der Waals surface area contributed by atoms with E-state index in [1.807, 2.05) is 55.5 Å². The third kappa shape index (κ3) is 3.36. The van der Waals surface area contributed by atoms with Gasteiger partial charge in [-0.25, -0.2) is 0 Å². The van der Waals surface area contributed by atoms with Gasteiger partial charge in [0, 0.05) is 0 Å². The Bertz CT molecular complexity index is 1120. The number of carbonyl (C=O) groups is 2. The number of amides is 2. The number of imide groups is 1. The number of rotatable bonds is 7. The Labute approximate surface area is 192 Å². The molecule has 0 spiro atoms. The van der Waals surface area contributed by atoms with E-state index in [4.69, 9.17) is 9.47 Å². The highest BCUT2D eigenvalue weighted by atomic mass is 16.5. The second kappa shape index (κ2) is 7.87. The highest BCUT2D eigenvalue weighted by Crippen LogP contribution is 2.65. The van der Waals surface area contributed by atoms with E-state index >= 15 is 0 Å². The quantitative estimate of drug-likeness (QED) is 0.369. The summed E-state index contributed by atoms with van der Waals surface area (Å²) in [6, 6.07) is 15.4. The van der Waals surface area contributed by atoms with E-state index in [1.165, 1.54) is 0 Å². The first-order valence-electron chi connectivity index (χ1n) is 11.7. The molecule has 6 nitrogen and oxygen atoms in total. The average molecular weight is 443 g/mol. The number of hydrogen-bond donors (Lipinski definition) is 0. The van der Waals surface area contributed by atoms with Crippen molar-refractivity contribution < 1.29 is 19.1 Å². The summed E-state index contributed by atoms with van der Waals surface area (Å²) in [5, 5.41) is 5.43. The number of ether oxygens (including phenoxy) is 2. The predicted octanol–water partition coefficient (Wildman–Crippen LogP) is 4.05. The SMILES string of the molecule is CCOc1cc(/C=N/N2C(=O)[C@H]3[C@@H]4C=C[C@H]([C@H]5C[C@H]45)[C@@H]3C2=O)ccc1OCc1ccccc1. The van der Waals surface area contributed by atoms with Crippen molar-refractivity contribution in [2.45, 2.75) is 20.0 Å². The van der Waals surface area contributed by atoms with Crippen molar-refractivity contribution >= 4 is 18.0 Å². The Balaban J connectivity index is 1.19. The van der Waals surface area contributed by atoms with Crippen LogP contribution in [-0.2, 0) is 16.2 Å². The second-order valence-electron chi connectivity index (χ2n) is 9.30. The van der Waals surface area contributed by atoms with Gasteiger partial charge in [0.25, 0.3) is 11.8 Å². The fourth-order valence-corrected chi connectivity index (χ4v) is 5.91. The first kappa shape index (κ1) is 20.2. The number of carbonyl (C=O) groups excluding carboxylic acids is 2. The van der Waals surface area contributed by atoms with Crippen LogP contribution in [0.15, 0.2) is 65.8 Å². The summed E-state index contributed by atoms with van der Waals surface area (Å²) in [5.41, 5.74) is 1.81. The lowest BCUT2D eigenvalue weighted by Crippen LogP contribution is -2.40. The van der Waals surface area contributed by atoms with E-state index < -0.39 is 0 Å². The monoisotopic (exact) mass is 442 g/mol. The first-order valence-corrected chi connectivity index (χ1v) is 11.7. The summed E-state index contributed by atoms with van der Waals surface area (Å²) in [5.74, 6) is 2.03. The summed E-state index contributed by atoms with van der Waals surface area (Å²) < 4.78 is 11.7. The zero-order valence-electron chi connectivity index (χ0n) is 18.5. The molecule has 0 unspecified atom stereocenters. The van der Waals surface area contributed by atoms with Gasteiger partial charge in [-0.05, 0) is 66.3 Å². The normalized spacial score (nSPS) is 31.1. The van der Waals surface area contributed by atoms with Crippen molar-refractivity contribution in [2.75, 3.05) is 6.61 Å². The topological polar surface area (TPSA) is 68.2 Å². The molecular formula is C27H26N2O4. The molecule has 5 aliphatic rings. The smallest absolute Gasteiger partial charge is 0.254 e. The molecule has 2 bridgehead atoms. The number of benzene rings is 2. The van der Waals surface area contributed by atoms with Gasteiger partial charge in [-0.1, -0.05) is 42.5 Å². The molecule has 2 aromatic carbocycles. The van der Waals surface area contributed by atoms with Crippen molar-refractivity contribution in [3.05, 3.63) is 71.8 Å². The molecular weight excluding hydrogens is 416 g/mol. The molecule has 4 aliphatic carbocycles. The molecule has 6 atom stereocenters. The maximum atomic E-state index is 13.1. The summed E-state index contributed by atoms with van der Waals surface area (Å²) >= 11 is 0. The Hall–Kier alpha value is -3.41. The molecule has 2 amide bonds. The fraction of sp³-hybridized carbons (Fsp3) is 0.370. The first-order chi connectivity index (χ1) is 16.2. The number of nitrogens with zero attached hydrogens (tertiary/aromatic N) is 2. The van der Waals surface area contributed by atoms with E-state index in [0.717, 1.165) is 22.6 Å². The van der Waals surface area contributed by atoms with Gasteiger partial charge in [-0.15, -0.1) is 0 Å². The highest BCUT2D eigenvalue weighted by Gasteiger charge is 2.67. The van der Waals surface area contributed by atoms with E-state index in [-0.39, 0.29) is 35.5 Å². The molecule has 1 heterocycles. The van der Waals surface area contributed by atoms with Crippen LogP contribution in [0.2, 0.25) is 0 Å². The van der Waals surface area contributed by atoms with Crippen LogP contribution in [0.3, 0.4) is 0 Å². The van der Waals surface area contributed by atoms with Crippen molar-refractivity contribution in [3.63, 3.8) is 0 Å². The lowest BCUT2D eigenvalue weighted by atomic mass is 9.63. The molecule has 2 saturated carbocycles. The Morgan fingerprint density at radius 1 is 0.939 bits per heavy atom.